The minimum absolute atomic E-state index is 0.254. The van der Waals surface area contributed by atoms with E-state index in [0.29, 0.717) is 12.6 Å². The van der Waals surface area contributed by atoms with Crippen molar-refractivity contribution in [1.29, 1.82) is 0 Å². The molecule has 15 heavy (non-hydrogen) atoms. The van der Waals surface area contributed by atoms with Crippen LogP contribution >= 0.6 is 0 Å². The van der Waals surface area contributed by atoms with Gasteiger partial charge in [0.2, 0.25) is 0 Å². The van der Waals surface area contributed by atoms with Crippen LogP contribution in [0.1, 0.15) is 33.1 Å². The van der Waals surface area contributed by atoms with Crippen LogP contribution in [-0.4, -0.2) is 44.0 Å². The van der Waals surface area contributed by atoms with E-state index >= 15 is 0 Å². The first-order chi connectivity index (χ1) is 7.13. The Morgan fingerprint density at radius 3 is 2.80 bits per heavy atom. The summed E-state index contributed by atoms with van der Waals surface area (Å²) < 4.78 is 5.43. The molecular formula is C12H23NO2. The molecule has 0 aliphatic carbocycles. The maximum Gasteiger partial charge on any atom is 0.129 e. The quantitative estimate of drug-likeness (QED) is 0.651. The zero-order valence-corrected chi connectivity index (χ0v) is 10.2. The van der Waals surface area contributed by atoms with Gasteiger partial charge in [0.25, 0.3) is 0 Å². The van der Waals surface area contributed by atoms with Crippen LogP contribution < -0.4 is 0 Å². The summed E-state index contributed by atoms with van der Waals surface area (Å²) in [7, 11) is 2.09. The summed E-state index contributed by atoms with van der Waals surface area (Å²) in [6.45, 7) is 6.60. The Morgan fingerprint density at radius 2 is 2.33 bits per heavy atom. The fraction of sp³-hybridized carbons (Fsp3) is 0.917. The van der Waals surface area contributed by atoms with E-state index in [0.717, 1.165) is 38.7 Å². The van der Waals surface area contributed by atoms with Gasteiger partial charge < -0.3 is 14.4 Å². The van der Waals surface area contributed by atoms with Gasteiger partial charge in [-0.3, -0.25) is 0 Å². The second kappa shape index (κ2) is 5.61. The van der Waals surface area contributed by atoms with E-state index < -0.39 is 0 Å². The van der Waals surface area contributed by atoms with E-state index in [1.165, 1.54) is 0 Å². The Labute approximate surface area is 92.8 Å². The number of rotatable bonds is 5. The van der Waals surface area contributed by atoms with E-state index in [2.05, 4.69) is 25.8 Å². The first-order valence-corrected chi connectivity index (χ1v) is 5.88. The molecule has 0 saturated carbocycles. The number of ether oxygens (including phenoxy) is 1. The minimum Gasteiger partial charge on any atom is -0.380 e. The average molecular weight is 213 g/mol. The predicted molar refractivity (Wildman–Crippen MR) is 60.9 cm³/mol. The lowest BCUT2D eigenvalue weighted by atomic mass is 9.83. The third-order valence-corrected chi connectivity index (χ3v) is 3.51. The third-order valence-electron chi connectivity index (χ3n) is 3.51. The topological polar surface area (TPSA) is 29.5 Å². The van der Waals surface area contributed by atoms with E-state index in [-0.39, 0.29) is 5.41 Å². The van der Waals surface area contributed by atoms with Crippen LogP contribution in [0.3, 0.4) is 0 Å². The van der Waals surface area contributed by atoms with Crippen LogP contribution in [0, 0.1) is 5.41 Å². The van der Waals surface area contributed by atoms with E-state index in [4.69, 9.17) is 4.74 Å². The Balaban J connectivity index is 2.54. The highest BCUT2D eigenvalue weighted by Crippen LogP contribution is 2.27. The first-order valence-electron chi connectivity index (χ1n) is 5.88. The molecule has 88 valence electrons. The van der Waals surface area contributed by atoms with Gasteiger partial charge in [-0.2, -0.15) is 0 Å². The number of aldehydes is 1. The van der Waals surface area contributed by atoms with Crippen LogP contribution in [0.5, 0.6) is 0 Å². The maximum atomic E-state index is 11.2. The molecule has 1 aliphatic heterocycles. The van der Waals surface area contributed by atoms with Crippen LogP contribution in [0.2, 0.25) is 0 Å². The molecule has 3 heteroatoms. The smallest absolute Gasteiger partial charge is 0.129 e. The lowest BCUT2D eigenvalue weighted by Gasteiger charge is -2.37. The van der Waals surface area contributed by atoms with Gasteiger partial charge in [-0.1, -0.05) is 6.92 Å². The van der Waals surface area contributed by atoms with Crippen LogP contribution in [0.4, 0.5) is 0 Å². The molecule has 0 spiro atoms. The molecule has 1 heterocycles. The number of hydrogen-bond donors (Lipinski definition) is 0. The highest BCUT2D eigenvalue weighted by atomic mass is 16.5. The van der Waals surface area contributed by atoms with Gasteiger partial charge in [0, 0.05) is 19.2 Å². The summed E-state index contributed by atoms with van der Waals surface area (Å²) in [5.41, 5.74) is -0.254. The molecule has 1 aliphatic rings. The summed E-state index contributed by atoms with van der Waals surface area (Å²) >= 11 is 0. The number of carbonyl (C=O) groups is 1. The summed E-state index contributed by atoms with van der Waals surface area (Å²) in [5.74, 6) is 0. The molecule has 0 amide bonds. The Morgan fingerprint density at radius 1 is 1.60 bits per heavy atom. The molecule has 0 bridgehead atoms. The van der Waals surface area contributed by atoms with Crippen LogP contribution in [-0.2, 0) is 9.53 Å². The molecule has 0 radical (unpaired) electrons. The van der Waals surface area contributed by atoms with Crippen molar-refractivity contribution in [3.8, 4) is 0 Å². The van der Waals surface area contributed by atoms with Crippen molar-refractivity contribution < 1.29 is 9.53 Å². The zero-order valence-electron chi connectivity index (χ0n) is 10.2. The third kappa shape index (κ3) is 3.28. The Bertz CT molecular complexity index is 200. The predicted octanol–water partition coefficient (Wildman–Crippen LogP) is 1.71. The summed E-state index contributed by atoms with van der Waals surface area (Å²) in [6.07, 6.45) is 4.20. The molecule has 1 fully saturated rings. The molecule has 0 aromatic heterocycles. The molecule has 1 rings (SSSR count). The van der Waals surface area contributed by atoms with E-state index in [1.807, 2.05) is 0 Å². The van der Waals surface area contributed by atoms with E-state index in [1.54, 1.807) is 0 Å². The van der Waals surface area contributed by atoms with Crippen molar-refractivity contribution in [2.24, 2.45) is 5.41 Å². The summed E-state index contributed by atoms with van der Waals surface area (Å²) in [5, 5.41) is 0. The fourth-order valence-electron chi connectivity index (χ4n) is 2.09. The molecule has 0 aromatic carbocycles. The highest BCUT2D eigenvalue weighted by Gasteiger charge is 2.34. The van der Waals surface area contributed by atoms with Gasteiger partial charge in [0.1, 0.15) is 6.29 Å². The molecule has 2 unspecified atom stereocenters. The number of nitrogens with zero attached hydrogens (tertiary/aromatic N) is 1. The van der Waals surface area contributed by atoms with Gasteiger partial charge in [-0.25, -0.2) is 0 Å². The highest BCUT2D eigenvalue weighted by molar-refractivity contribution is 5.60. The second-order valence-electron chi connectivity index (χ2n) is 4.81. The molecule has 0 N–H and O–H groups in total. The summed E-state index contributed by atoms with van der Waals surface area (Å²) in [4.78, 5) is 13.5. The molecule has 0 aromatic rings. The summed E-state index contributed by atoms with van der Waals surface area (Å²) in [6, 6.07) is 0.531. The second-order valence-corrected chi connectivity index (χ2v) is 4.81. The van der Waals surface area contributed by atoms with Crippen molar-refractivity contribution in [1.82, 2.24) is 4.90 Å². The monoisotopic (exact) mass is 213 g/mol. The fourth-order valence-corrected chi connectivity index (χ4v) is 2.09. The first kappa shape index (κ1) is 12.7. The molecular weight excluding hydrogens is 190 g/mol. The van der Waals surface area contributed by atoms with Gasteiger partial charge in [-0.05, 0) is 33.2 Å². The largest absolute Gasteiger partial charge is 0.380 e. The lowest BCUT2D eigenvalue weighted by molar-refractivity contribution is -0.125. The van der Waals surface area contributed by atoms with Crippen molar-refractivity contribution in [2.45, 2.75) is 39.2 Å². The van der Waals surface area contributed by atoms with Crippen molar-refractivity contribution in [3.05, 3.63) is 0 Å². The number of hydrogen-bond acceptors (Lipinski definition) is 3. The molecule has 3 nitrogen and oxygen atoms in total. The van der Waals surface area contributed by atoms with Gasteiger partial charge in [0.05, 0.1) is 12.0 Å². The average Bonchev–Trinajstić information content (AvgIpc) is 2.29. The normalized spacial score (nSPS) is 29.1. The lowest BCUT2D eigenvalue weighted by Crippen LogP contribution is -2.45. The van der Waals surface area contributed by atoms with E-state index in [9.17, 15) is 4.79 Å². The Kier molecular flexibility index (Phi) is 4.74. The maximum absolute atomic E-state index is 11.2. The van der Waals surface area contributed by atoms with Crippen molar-refractivity contribution in [3.63, 3.8) is 0 Å². The van der Waals surface area contributed by atoms with Crippen molar-refractivity contribution in [2.75, 3.05) is 26.8 Å². The number of carbonyl (C=O) groups excluding carboxylic acids is 1. The van der Waals surface area contributed by atoms with Gasteiger partial charge in [-0.15, -0.1) is 0 Å². The SMILES string of the molecule is CCC(C)N(C)CC1(C=O)CCCOC1. The van der Waals surface area contributed by atoms with Gasteiger partial charge in [0.15, 0.2) is 0 Å². The van der Waals surface area contributed by atoms with Gasteiger partial charge >= 0.3 is 0 Å². The molecule has 1 saturated heterocycles. The minimum atomic E-state index is -0.254. The van der Waals surface area contributed by atoms with Crippen LogP contribution in [0.15, 0.2) is 0 Å². The van der Waals surface area contributed by atoms with Crippen LogP contribution in [0.25, 0.3) is 0 Å². The Hall–Kier alpha value is -0.410. The zero-order chi connectivity index (χ0) is 11.3. The van der Waals surface area contributed by atoms with Crippen molar-refractivity contribution >= 4 is 6.29 Å². The standard InChI is InChI=1S/C12H23NO2/c1-4-11(2)13(3)8-12(9-14)6-5-7-15-10-12/h9,11H,4-8,10H2,1-3H3. The molecule has 2 atom stereocenters.